The van der Waals surface area contributed by atoms with Crippen molar-refractivity contribution in [3.8, 4) is 0 Å². The summed E-state index contributed by atoms with van der Waals surface area (Å²) in [5.74, 6) is -0.887. The Morgan fingerprint density at radius 3 is 2.65 bits per heavy atom. The van der Waals surface area contributed by atoms with Crippen LogP contribution in [-0.4, -0.2) is 47.1 Å². The summed E-state index contributed by atoms with van der Waals surface area (Å²) < 4.78 is 26.6. The minimum atomic E-state index is -3.86. The fraction of sp³-hybridized carbons (Fsp3) is 0.667. The summed E-state index contributed by atoms with van der Waals surface area (Å²) in [6.07, 6.45) is 2.74. The molecule has 7 nitrogen and oxygen atoms in total. The summed E-state index contributed by atoms with van der Waals surface area (Å²) in [7, 11) is -3.86. The highest BCUT2D eigenvalue weighted by Crippen LogP contribution is 2.32. The fourth-order valence-corrected chi connectivity index (χ4v) is 3.85. The van der Waals surface area contributed by atoms with Crippen molar-refractivity contribution in [3.63, 3.8) is 0 Å². The van der Waals surface area contributed by atoms with Crippen molar-refractivity contribution in [1.82, 2.24) is 14.5 Å². The first kappa shape index (κ1) is 15.0. The molecule has 0 spiro atoms. The molecule has 8 heteroatoms. The summed E-state index contributed by atoms with van der Waals surface area (Å²) in [5.41, 5.74) is -0.0131. The third kappa shape index (κ3) is 2.85. The van der Waals surface area contributed by atoms with Gasteiger partial charge in [0, 0.05) is 18.8 Å². The van der Waals surface area contributed by atoms with E-state index in [1.54, 1.807) is 0 Å². The number of aromatic amines is 1. The van der Waals surface area contributed by atoms with Gasteiger partial charge in [-0.15, -0.1) is 0 Å². The van der Waals surface area contributed by atoms with Crippen LogP contribution in [0.4, 0.5) is 0 Å². The monoisotopic (exact) mass is 301 g/mol. The molecule has 0 atom stereocenters. The number of aromatic carboxylic acids is 1. The molecule has 2 N–H and O–H groups in total. The average Bonchev–Trinajstić information content (AvgIpc) is 3.08. The van der Waals surface area contributed by atoms with Gasteiger partial charge in [-0.1, -0.05) is 6.92 Å². The van der Waals surface area contributed by atoms with Crippen LogP contribution in [0.25, 0.3) is 0 Å². The van der Waals surface area contributed by atoms with Crippen LogP contribution in [0.3, 0.4) is 0 Å². The molecule has 1 aliphatic rings. The molecule has 2 rings (SSSR count). The van der Waals surface area contributed by atoms with E-state index in [2.05, 4.69) is 10.2 Å². The van der Waals surface area contributed by atoms with Crippen LogP contribution in [0, 0.1) is 12.8 Å². The Bertz CT molecular complexity index is 604. The number of H-pyrrole nitrogens is 1. The number of aryl methyl sites for hydroxylation is 1. The first-order valence-electron chi connectivity index (χ1n) is 6.66. The molecule has 1 fully saturated rings. The molecular formula is C12H19N3O4S. The molecule has 1 aliphatic carbocycles. The van der Waals surface area contributed by atoms with Crippen molar-refractivity contribution >= 4 is 16.0 Å². The molecule has 0 aliphatic heterocycles. The molecule has 1 saturated carbocycles. The zero-order valence-corrected chi connectivity index (χ0v) is 12.4. The minimum Gasteiger partial charge on any atom is -0.478 e. The molecule has 1 aromatic rings. The molecule has 0 amide bonds. The van der Waals surface area contributed by atoms with Crippen molar-refractivity contribution < 1.29 is 18.3 Å². The van der Waals surface area contributed by atoms with E-state index < -0.39 is 16.0 Å². The Morgan fingerprint density at radius 2 is 2.15 bits per heavy atom. The lowest BCUT2D eigenvalue weighted by atomic mass is 10.3. The van der Waals surface area contributed by atoms with Gasteiger partial charge in [0.25, 0.3) is 10.0 Å². The molecule has 112 valence electrons. The first-order chi connectivity index (χ1) is 9.37. The Balaban J connectivity index is 2.38. The van der Waals surface area contributed by atoms with Gasteiger partial charge in [0.1, 0.15) is 5.56 Å². The molecule has 20 heavy (non-hydrogen) atoms. The van der Waals surface area contributed by atoms with E-state index in [0.29, 0.717) is 25.4 Å². The van der Waals surface area contributed by atoms with Gasteiger partial charge < -0.3 is 5.11 Å². The van der Waals surface area contributed by atoms with Crippen LogP contribution in [-0.2, 0) is 10.0 Å². The number of aromatic nitrogens is 2. The van der Waals surface area contributed by atoms with E-state index in [4.69, 9.17) is 5.11 Å². The quantitative estimate of drug-likeness (QED) is 0.788. The molecule has 0 radical (unpaired) electrons. The number of carboxylic acid groups (broad SMARTS) is 1. The normalized spacial score (nSPS) is 15.8. The summed E-state index contributed by atoms with van der Waals surface area (Å²) in [4.78, 5) is 11.2. The highest BCUT2D eigenvalue weighted by atomic mass is 32.2. The minimum absolute atomic E-state index is 0.249. The number of sulfonamides is 1. The zero-order valence-electron chi connectivity index (χ0n) is 11.6. The lowest BCUT2D eigenvalue weighted by molar-refractivity contribution is 0.0691. The van der Waals surface area contributed by atoms with Crippen molar-refractivity contribution in [2.45, 2.75) is 38.1 Å². The number of rotatable bonds is 7. The molecule has 0 unspecified atom stereocenters. The van der Waals surface area contributed by atoms with Crippen molar-refractivity contribution in [2.75, 3.05) is 13.1 Å². The van der Waals surface area contributed by atoms with E-state index in [9.17, 15) is 13.2 Å². The highest BCUT2D eigenvalue weighted by molar-refractivity contribution is 7.89. The zero-order chi connectivity index (χ0) is 14.9. The Hall–Kier alpha value is -1.41. The molecule has 1 aromatic heterocycles. The highest BCUT2D eigenvalue weighted by Gasteiger charge is 2.36. The second kappa shape index (κ2) is 5.53. The summed E-state index contributed by atoms with van der Waals surface area (Å²) >= 11 is 0. The Kier molecular flexibility index (Phi) is 4.14. The second-order valence-corrected chi connectivity index (χ2v) is 6.99. The average molecular weight is 301 g/mol. The number of nitrogens with one attached hydrogen (secondary N) is 1. The van der Waals surface area contributed by atoms with Gasteiger partial charge in [-0.2, -0.15) is 9.40 Å². The van der Waals surface area contributed by atoms with Gasteiger partial charge in [-0.25, -0.2) is 13.2 Å². The van der Waals surface area contributed by atoms with Gasteiger partial charge >= 0.3 is 5.97 Å². The van der Waals surface area contributed by atoms with Crippen LogP contribution in [0.1, 0.15) is 42.2 Å². The first-order valence-corrected chi connectivity index (χ1v) is 8.10. The predicted octanol–water partition coefficient (Wildman–Crippen LogP) is 1.23. The lowest BCUT2D eigenvalue weighted by Crippen LogP contribution is -2.34. The van der Waals surface area contributed by atoms with Gasteiger partial charge in [0.15, 0.2) is 0 Å². The van der Waals surface area contributed by atoms with Gasteiger partial charge in [0.05, 0.1) is 0 Å². The maximum Gasteiger partial charge on any atom is 0.340 e. The van der Waals surface area contributed by atoms with Crippen molar-refractivity contribution in [3.05, 3.63) is 11.3 Å². The van der Waals surface area contributed by atoms with Crippen molar-refractivity contribution in [2.24, 2.45) is 5.92 Å². The van der Waals surface area contributed by atoms with Crippen LogP contribution in [0.5, 0.6) is 0 Å². The fourth-order valence-electron chi connectivity index (χ4n) is 2.12. The number of carboxylic acids is 1. The number of hydrogen-bond donors (Lipinski definition) is 2. The lowest BCUT2D eigenvalue weighted by Gasteiger charge is -2.20. The van der Waals surface area contributed by atoms with Crippen LogP contribution in [0.2, 0.25) is 0 Å². The maximum atomic E-state index is 12.6. The molecular weight excluding hydrogens is 282 g/mol. The number of hydrogen-bond acceptors (Lipinski definition) is 4. The maximum absolute atomic E-state index is 12.6. The van der Waals surface area contributed by atoms with E-state index in [-0.39, 0.29) is 16.3 Å². The Morgan fingerprint density at radius 1 is 1.50 bits per heavy atom. The van der Waals surface area contributed by atoms with Crippen LogP contribution >= 0.6 is 0 Å². The molecule has 0 bridgehead atoms. The van der Waals surface area contributed by atoms with E-state index in [1.165, 1.54) is 11.2 Å². The Labute approximate surface area is 118 Å². The number of nitrogens with zero attached hydrogens (tertiary/aromatic N) is 2. The summed E-state index contributed by atoms with van der Waals surface area (Å²) in [5, 5.41) is 14.9. The van der Waals surface area contributed by atoms with Crippen molar-refractivity contribution in [1.29, 1.82) is 0 Å². The third-order valence-electron chi connectivity index (χ3n) is 3.34. The topological polar surface area (TPSA) is 103 Å². The smallest absolute Gasteiger partial charge is 0.340 e. The largest absolute Gasteiger partial charge is 0.478 e. The summed E-state index contributed by atoms with van der Waals surface area (Å²) in [6.45, 7) is 4.22. The third-order valence-corrected chi connectivity index (χ3v) is 5.14. The van der Waals surface area contributed by atoms with E-state index in [1.807, 2.05) is 6.92 Å². The SMILES string of the molecule is CCCN(CC1CC1)S(=O)(=O)c1n[nH]c(C)c1C(=O)O. The summed E-state index contributed by atoms with van der Waals surface area (Å²) in [6, 6.07) is 0. The van der Waals surface area contributed by atoms with E-state index in [0.717, 1.165) is 12.8 Å². The predicted molar refractivity (Wildman–Crippen MR) is 72.1 cm³/mol. The van der Waals surface area contributed by atoms with E-state index >= 15 is 0 Å². The standard InChI is InChI=1S/C12H19N3O4S/c1-3-6-15(7-9-4-5-9)20(18,19)11-10(12(16)17)8(2)13-14-11/h9H,3-7H2,1-2H3,(H,13,14)(H,16,17). The number of carbonyl (C=O) groups is 1. The van der Waals surface area contributed by atoms with Crippen LogP contribution in [0.15, 0.2) is 5.03 Å². The van der Waals surface area contributed by atoms with Gasteiger partial charge in [0.2, 0.25) is 5.03 Å². The molecule has 0 saturated heterocycles. The van der Waals surface area contributed by atoms with Gasteiger partial charge in [-0.3, -0.25) is 5.10 Å². The molecule has 0 aromatic carbocycles. The van der Waals surface area contributed by atoms with Gasteiger partial charge in [-0.05, 0) is 32.1 Å². The molecule has 1 heterocycles. The van der Waals surface area contributed by atoms with Crippen LogP contribution < -0.4 is 0 Å². The second-order valence-electron chi connectivity index (χ2n) is 5.14.